The molecule has 0 unspecified atom stereocenters. The first kappa shape index (κ1) is 19.6. The molecule has 0 bridgehead atoms. The zero-order valence-electron chi connectivity index (χ0n) is 14.5. The number of rotatable bonds is 5. The van der Waals surface area contributed by atoms with E-state index in [1.54, 1.807) is 11.4 Å². The van der Waals surface area contributed by atoms with Crippen molar-refractivity contribution in [2.75, 3.05) is 7.05 Å². The van der Waals surface area contributed by atoms with E-state index in [0.29, 0.717) is 16.0 Å². The summed E-state index contributed by atoms with van der Waals surface area (Å²) in [6.07, 6.45) is -2.47. The summed E-state index contributed by atoms with van der Waals surface area (Å²) >= 11 is 1.27. The zero-order valence-corrected chi connectivity index (χ0v) is 15.3. The zero-order chi connectivity index (χ0) is 20.3. The molecule has 10 heteroatoms. The van der Waals surface area contributed by atoms with E-state index in [2.05, 4.69) is 14.7 Å². The molecule has 2 heterocycles. The molecule has 6 nitrogen and oxygen atoms in total. The Labute approximate surface area is 160 Å². The number of H-pyrrole nitrogens is 1. The van der Waals surface area contributed by atoms with E-state index in [9.17, 15) is 22.8 Å². The van der Waals surface area contributed by atoms with Gasteiger partial charge in [0.15, 0.2) is 0 Å². The summed E-state index contributed by atoms with van der Waals surface area (Å²) in [5.41, 5.74) is 0.357. The third kappa shape index (κ3) is 4.77. The van der Waals surface area contributed by atoms with Crippen LogP contribution >= 0.6 is 11.3 Å². The molecule has 28 heavy (non-hydrogen) atoms. The summed E-state index contributed by atoms with van der Waals surface area (Å²) < 4.78 is 41.8. The molecule has 0 atom stereocenters. The summed E-state index contributed by atoms with van der Waals surface area (Å²) in [5.74, 6) is -0.577. The maximum absolute atomic E-state index is 12.5. The van der Waals surface area contributed by atoms with Gasteiger partial charge in [0.25, 0.3) is 5.56 Å². The largest absolute Gasteiger partial charge is 0.573 e. The van der Waals surface area contributed by atoms with Gasteiger partial charge in [-0.15, -0.1) is 24.5 Å². The van der Waals surface area contributed by atoms with Crippen molar-refractivity contribution in [1.29, 1.82) is 0 Å². The lowest BCUT2D eigenvalue weighted by molar-refractivity contribution is -0.274. The number of ether oxygens (including phenoxy) is 1. The summed E-state index contributed by atoms with van der Waals surface area (Å²) in [6, 6.07) is 7.19. The molecule has 0 fully saturated rings. The monoisotopic (exact) mass is 409 g/mol. The second-order valence-corrected chi connectivity index (χ2v) is 6.68. The van der Waals surface area contributed by atoms with Crippen LogP contribution in [-0.2, 0) is 11.3 Å². The smallest absolute Gasteiger partial charge is 0.405 e. The fourth-order valence-corrected chi connectivity index (χ4v) is 3.15. The Hall–Kier alpha value is -3.14. The van der Waals surface area contributed by atoms with Gasteiger partial charge < -0.3 is 14.6 Å². The number of nitrogens with zero attached hydrogens (tertiary/aromatic N) is 2. The highest BCUT2D eigenvalue weighted by Crippen LogP contribution is 2.27. The Morgan fingerprint density at radius 2 is 2.07 bits per heavy atom. The Kier molecular flexibility index (Phi) is 5.50. The van der Waals surface area contributed by atoms with Crippen LogP contribution in [0.3, 0.4) is 0 Å². The van der Waals surface area contributed by atoms with Gasteiger partial charge in [-0.3, -0.25) is 9.59 Å². The number of amides is 1. The van der Waals surface area contributed by atoms with Gasteiger partial charge in [-0.1, -0.05) is 18.2 Å². The predicted octanol–water partition coefficient (Wildman–Crippen LogP) is 3.56. The number of nitrogens with one attached hydrogen (secondary N) is 1. The molecule has 3 rings (SSSR count). The molecule has 0 spiro atoms. The number of thiophene rings is 1. The first-order chi connectivity index (χ1) is 13.2. The van der Waals surface area contributed by atoms with E-state index in [0.717, 1.165) is 12.1 Å². The van der Waals surface area contributed by atoms with Crippen LogP contribution in [0.2, 0.25) is 0 Å². The van der Waals surface area contributed by atoms with Crippen LogP contribution in [0, 0.1) is 0 Å². The molecule has 1 amide bonds. The van der Waals surface area contributed by atoms with Crippen LogP contribution in [0.25, 0.3) is 16.3 Å². The minimum absolute atomic E-state index is 0.0326. The number of halogens is 3. The van der Waals surface area contributed by atoms with Crippen LogP contribution in [-0.4, -0.2) is 34.2 Å². The number of aromatic nitrogens is 2. The van der Waals surface area contributed by atoms with Gasteiger partial charge >= 0.3 is 6.36 Å². The van der Waals surface area contributed by atoms with Crippen LogP contribution < -0.4 is 10.3 Å². The highest BCUT2D eigenvalue weighted by molar-refractivity contribution is 7.17. The van der Waals surface area contributed by atoms with Crippen molar-refractivity contribution in [3.05, 3.63) is 63.5 Å². The Balaban J connectivity index is 1.73. The molecular weight excluding hydrogens is 395 g/mol. The molecule has 2 aromatic heterocycles. The number of likely N-dealkylation sites (N-methyl/N-ethyl adjacent to an activating group) is 1. The van der Waals surface area contributed by atoms with Crippen LogP contribution in [0.5, 0.6) is 5.75 Å². The number of carbonyl (C=O) groups excluding carboxylic acids is 1. The number of alkyl halides is 3. The lowest BCUT2D eigenvalue weighted by Crippen LogP contribution is -2.26. The number of benzene rings is 1. The van der Waals surface area contributed by atoms with E-state index < -0.39 is 18.0 Å². The van der Waals surface area contributed by atoms with E-state index in [1.807, 2.05) is 0 Å². The molecule has 3 aromatic rings. The number of fused-ring (bicyclic) bond motifs is 1. The van der Waals surface area contributed by atoms with Crippen molar-refractivity contribution in [2.45, 2.75) is 12.9 Å². The van der Waals surface area contributed by atoms with E-state index >= 15 is 0 Å². The van der Waals surface area contributed by atoms with E-state index in [4.69, 9.17) is 0 Å². The Morgan fingerprint density at radius 1 is 1.32 bits per heavy atom. The molecule has 0 saturated heterocycles. The summed E-state index contributed by atoms with van der Waals surface area (Å²) in [7, 11) is 1.49. The first-order valence-electron chi connectivity index (χ1n) is 7.97. The van der Waals surface area contributed by atoms with E-state index in [-0.39, 0.29) is 17.7 Å². The molecule has 0 aliphatic heterocycles. The van der Waals surface area contributed by atoms with Gasteiger partial charge in [-0.2, -0.15) is 0 Å². The maximum Gasteiger partial charge on any atom is 0.573 e. The van der Waals surface area contributed by atoms with Crippen molar-refractivity contribution < 1.29 is 22.7 Å². The van der Waals surface area contributed by atoms with Crippen molar-refractivity contribution in [2.24, 2.45) is 0 Å². The fraction of sp³-hybridized carbons (Fsp3) is 0.167. The minimum Gasteiger partial charge on any atom is -0.405 e. The first-order valence-corrected chi connectivity index (χ1v) is 8.85. The molecule has 1 N–H and O–H groups in total. The van der Waals surface area contributed by atoms with Gasteiger partial charge in [0.1, 0.15) is 16.3 Å². The van der Waals surface area contributed by atoms with Crippen molar-refractivity contribution >= 4 is 33.5 Å². The SMILES string of the molecule is CN(Cc1nc2ccsc2c(=O)[nH]1)C(=O)C=Cc1ccccc1OC(F)(F)F. The van der Waals surface area contributed by atoms with Gasteiger partial charge in [0, 0.05) is 18.7 Å². The van der Waals surface area contributed by atoms with Crippen molar-refractivity contribution in [3.8, 4) is 5.75 Å². The van der Waals surface area contributed by atoms with Gasteiger partial charge in [0.05, 0.1) is 12.1 Å². The highest BCUT2D eigenvalue weighted by Gasteiger charge is 2.31. The predicted molar refractivity (Wildman–Crippen MR) is 98.9 cm³/mol. The standard InChI is InChI=1S/C18H14F3N3O3S/c1-24(10-14-22-12-8-9-28-16(12)17(26)23-14)15(25)7-6-11-4-2-3-5-13(11)27-18(19,20)21/h2-9H,10H2,1H3,(H,22,23,26). The quantitative estimate of drug-likeness (QED) is 0.654. The molecule has 0 radical (unpaired) electrons. The van der Waals surface area contributed by atoms with Crippen molar-refractivity contribution in [3.63, 3.8) is 0 Å². The van der Waals surface area contributed by atoms with E-state index in [1.165, 1.54) is 47.6 Å². The number of aromatic amines is 1. The lowest BCUT2D eigenvalue weighted by Gasteiger charge is -2.14. The second-order valence-electron chi connectivity index (χ2n) is 5.76. The molecule has 0 saturated carbocycles. The molecule has 1 aromatic carbocycles. The third-order valence-corrected chi connectivity index (χ3v) is 4.58. The molecular formula is C18H14F3N3O3S. The average Bonchev–Trinajstić information content (AvgIpc) is 3.08. The van der Waals surface area contributed by atoms with Crippen LogP contribution in [0.4, 0.5) is 13.2 Å². The number of carbonyl (C=O) groups is 1. The Morgan fingerprint density at radius 3 is 2.82 bits per heavy atom. The second kappa shape index (κ2) is 7.85. The van der Waals surface area contributed by atoms with Crippen LogP contribution in [0.15, 0.2) is 46.6 Å². The van der Waals surface area contributed by atoms with Gasteiger partial charge in [-0.05, 0) is 23.6 Å². The lowest BCUT2D eigenvalue weighted by atomic mass is 10.2. The topological polar surface area (TPSA) is 75.3 Å². The molecule has 146 valence electrons. The molecule has 0 aliphatic rings. The maximum atomic E-state index is 12.5. The van der Waals surface area contributed by atoms with Crippen LogP contribution in [0.1, 0.15) is 11.4 Å². The number of hydrogen-bond donors (Lipinski definition) is 1. The number of hydrogen-bond acceptors (Lipinski definition) is 5. The Bertz CT molecular complexity index is 1090. The third-order valence-electron chi connectivity index (χ3n) is 3.68. The highest BCUT2D eigenvalue weighted by atomic mass is 32.1. The summed E-state index contributed by atoms with van der Waals surface area (Å²) in [5, 5.41) is 1.74. The molecule has 0 aliphatic carbocycles. The average molecular weight is 409 g/mol. The normalized spacial score (nSPS) is 11.9. The van der Waals surface area contributed by atoms with Gasteiger partial charge in [-0.25, -0.2) is 4.98 Å². The van der Waals surface area contributed by atoms with Crippen molar-refractivity contribution in [1.82, 2.24) is 14.9 Å². The van der Waals surface area contributed by atoms with Gasteiger partial charge in [0.2, 0.25) is 5.91 Å². The summed E-state index contributed by atoms with van der Waals surface area (Å²) in [6.45, 7) is 0.0326. The number of para-hydroxylation sites is 1. The minimum atomic E-state index is -4.83. The summed E-state index contributed by atoms with van der Waals surface area (Å²) in [4.78, 5) is 32.4. The fourth-order valence-electron chi connectivity index (χ4n) is 2.42.